The molecule has 0 amide bonds. The maximum atomic E-state index is 13.4. The highest BCUT2D eigenvalue weighted by Gasteiger charge is 2.39. The summed E-state index contributed by atoms with van der Waals surface area (Å²) in [6, 6.07) is 15.6. The van der Waals surface area contributed by atoms with Gasteiger partial charge in [-0.25, -0.2) is 4.98 Å². The number of benzene rings is 2. The van der Waals surface area contributed by atoms with Crippen molar-refractivity contribution >= 4 is 17.7 Å². The summed E-state index contributed by atoms with van der Waals surface area (Å²) in [6.07, 6.45) is -4.71. The zero-order valence-electron chi connectivity index (χ0n) is 16.6. The van der Waals surface area contributed by atoms with Crippen LogP contribution in [0.2, 0.25) is 0 Å². The molecule has 0 bridgehead atoms. The van der Waals surface area contributed by atoms with Crippen LogP contribution in [0.1, 0.15) is 17.0 Å². The standard InChI is InChI=1S/C22H20F3NO4S/c1-28-19(27)14-31-13-15-6-5-9-17(12-15)29-11-10-18-20(22(23,24)25)30-21(26-18)16-7-3-2-4-8-16/h2-9,12H,10-11,13-14H2,1H3. The van der Waals surface area contributed by atoms with Crippen LogP contribution in [0.3, 0.4) is 0 Å². The minimum atomic E-state index is -4.65. The molecule has 2 aromatic carbocycles. The molecule has 3 rings (SSSR count). The number of esters is 1. The Hall–Kier alpha value is -2.94. The number of carbonyl (C=O) groups excluding carboxylic acids is 1. The minimum Gasteiger partial charge on any atom is -0.493 e. The van der Waals surface area contributed by atoms with Crippen LogP contribution in [0.25, 0.3) is 11.5 Å². The molecule has 0 aliphatic carbocycles. The second kappa shape index (κ2) is 10.4. The molecule has 0 fully saturated rings. The maximum Gasteiger partial charge on any atom is 0.451 e. The average molecular weight is 451 g/mol. The van der Waals surface area contributed by atoms with Gasteiger partial charge in [-0.05, 0) is 29.8 Å². The molecular weight excluding hydrogens is 431 g/mol. The van der Waals surface area contributed by atoms with Crippen molar-refractivity contribution in [1.29, 1.82) is 0 Å². The molecular formula is C22H20F3NO4S. The summed E-state index contributed by atoms with van der Waals surface area (Å²) in [5, 5.41) is 0. The predicted octanol–water partition coefficient (Wildman–Crippen LogP) is 5.39. The number of methoxy groups -OCH3 is 1. The number of aromatic nitrogens is 1. The molecule has 0 unspecified atom stereocenters. The molecule has 0 radical (unpaired) electrons. The zero-order chi connectivity index (χ0) is 22.3. The van der Waals surface area contributed by atoms with Gasteiger partial charge in [0.1, 0.15) is 5.75 Å². The summed E-state index contributed by atoms with van der Waals surface area (Å²) in [7, 11) is 1.33. The molecule has 164 valence electrons. The van der Waals surface area contributed by atoms with Crippen molar-refractivity contribution in [3.63, 3.8) is 0 Å². The van der Waals surface area contributed by atoms with Crippen molar-refractivity contribution in [2.24, 2.45) is 0 Å². The number of ether oxygens (including phenoxy) is 2. The third-order valence-electron chi connectivity index (χ3n) is 4.20. The number of rotatable bonds is 9. The van der Waals surface area contributed by atoms with Gasteiger partial charge in [0.05, 0.1) is 25.2 Å². The molecule has 0 atom stereocenters. The molecule has 1 heterocycles. The molecule has 0 saturated carbocycles. The van der Waals surface area contributed by atoms with Crippen LogP contribution in [-0.2, 0) is 27.9 Å². The van der Waals surface area contributed by atoms with E-state index in [9.17, 15) is 18.0 Å². The van der Waals surface area contributed by atoms with E-state index in [2.05, 4.69) is 9.72 Å². The van der Waals surface area contributed by atoms with Crippen LogP contribution < -0.4 is 4.74 Å². The molecule has 1 aromatic heterocycles. The molecule has 3 aromatic rings. The van der Waals surface area contributed by atoms with E-state index in [0.29, 0.717) is 17.1 Å². The Morgan fingerprint density at radius 3 is 2.61 bits per heavy atom. The van der Waals surface area contributed by atoms with Crippen molar-refractivity contribution in [1.82, 2.24) is 4.98 Å². The number of hydrogen-bond acceptors (Lipinski definition) is 6. The Morgan fingerprint density at radius 2 is 1.90 bits per heavy atom. The fourth-order valence-electron chi connectivity index (χ4n) is 2.75. The highest BCUT2D eigenvalue weighted by Crippen LogP contribution is 2.35. The van der Waals surface area contributed by atoms with Gasteiger partial charge in [-0.3, -0.25) is 4.79 Å². The second-order valence-electron chi connectivity index (χ2n) is 6.47. The lowest BCUT2D eigenvalue weighted by Gasteiger charge is -2.08. The van der Waals surface area contributed by atoms with E-state index in [1.165, 1.54) is 18.9 Å². The van der Waals surface area contributed by atoms with Gasteiger partial charge in [0, 0.05) is 17.7 Å². The molecule has 0 aliphatic rings. The Labute approximate surface area is 181 Å². The molecule has 9 heteroatoms. The topological polar surface area (TPSA) is 61.6 Å². The van der Waals surface area contributed by atoms with Gasteiger partial charge >= 0.3 is 12.1 Å². The van der Waals surface area contributed by atoms with Crippen LogP contribution in [0, 0.1) is 0 Å². The fraction of sp³-hybridized carbons (Fsp3) is 0.273. The minimum absolute atomic E-state index is 0.00258. The third kappa shape index (κ3) is 6.52. The Morgan fingerprint density at radius 1 is 1.13 bits per heavy atom. The molecule has 0 N–H and O–H groups in total. The summed E-state index contributed by atoms with van der Waals surface area (Å²) >= 11 is 1.40. The quantitative estimate of drug-likeness (QED) is 0.407. The molecule has 0 saturated heterocycles. The number of alkyl halides is 3. The van der Waals surface area contributed by atoms with Gasteiger partial charge in [0.25, 0.3) is 0 Å². The van der Waals surface area contributed by atoms with E-state index in [0.717, 1.165) is 5.56 Å². The van der Waals surface area contributed by atoms with Gasteiger partial charge in [0.15, 0.2) is 0 Å². The van der Waals surface area contributed by atoms with Crippen LogP contribution in [0.15, 0.2) is 59.0 Å². The Kier molecular flexibility index (Phi) is 7.62. The number of hydrogen-bond donors (Lipinski definition) is 0. The highest BCUT2D eigenvalue weighted by atomic mass is 32.2. The van der Waals surface area contributed by atoms with Gasteiger partial charge < -0.3 is 13.9 Å². The Balaban J connectivity index is 1.63. The first-order valence-electron chi connectivity index (χ1n) is 9.35. The van der Waals surface area contributed by atoms with Gasteiger partial charge in [0.2, 0.25) is 11.7 Å². The van der Waals surface area contributed by atoms with Crippen LogP contribution in [-0.4, -0.2) is 30.4 Å². The predicted molar refractivity (Wildman–Crippen MR) is 111 cm³/mol. The Bertz CT molecular complexity index is 1010. The van der Waals surface area contributed by atoms with Crippen molar-refractivity contribution in [3.8, 4) is 17.2 Å². The van der Waals surface area contributed by atoms with Crippen LogP contribution >= 0.6 is 11.8 Å². The highest BCUT2D eigenvalue weighted by molar-refractivity contribution is 7.99. The van der Waals surface area contributed by atoms with E-state index >= 15 is 0 Å². The van der Waals surface area contributed by atoms with E-state index in [1.807, 2.05) is 6.07 Å². The summed E-state index contributed by atoms with van der Waals surface area (Å²) in [5.74, 6) is -0.154. The summed E-state index contributed by atoms with van der Waals surface area (Å²) < 4.78 is 55.4. The van der Waals surface area contributed by atoms with Crippen molar-refractivity contribution in [3.05, 3.63) is 71.6 Å². The molecule has 5 nitrogen and oxygen atoms in total. The smallest absolute Gasteiger partial charge is 0.451 e. The molecule has 0 aliphatic heterocycles. The first-order chi connectivity index (χ1) is 14.9. The summed E-state index contributed by atoms with van der Waals surface area (Å²) in [5.41, 5.74) is 1.20. The number of nitrogens with zero attached hydrogens (tertiary/aromatic N) is 1. The molecule has 31 heavy (non-hydrogen) atoms. The maximum absolute atomic E-state index is 13.4. The van der Waals surface area contributed by atoms with E-state index in [4.69, 9.17) is 9.15 Å². The first kappa shape index (κ1) is 22.7. The number of oxazole rings is 1. The van der Waals surface area contributed by atoms with E-state index in [-0.39, 0.29) is 36.3 Å². The second-order valence-corrected chi connectivity index (χ2v) is 7.46. The van der Waals surface area contributed by atoms with Gasteiger partial charge in [-0.2, -0.15) is 13.2 Å². The normalized spacial score (nSPS) is 11.4. The lowest BCUT2D eigenvalue weighted by Crippen LogP contribution is -2.10. The number of halogens is 3. The van der Waals surface area contributed by atoms with Crippen LogP contribution in [0.4, 0.5) is 13.2 Å². The third-order valence-corrected chi connectivity index (χ3v) is 5.18. The van der Waals surface area contributed by atoms with E-state index < -0.39 is 11.9 Å². The van der Waals surface area contributed by atoms with Gasteiger partial charge in [-0.15, -0.1) is 11.8 Å². The molecule has 0 spiro atoms. The summed E-state index contributed by atoms with van der Waals surface area (Å²) in [4.78, 5) is 15.2. The largest absolute Gasteiger partial charge is 0.493 e. The monoisotopic (exact) mass is 451 g/mol. The van der Waals surface area contributed by atoms with Crippen molar-refractivity contribution in [2.75, 3.05) is 19.5 Å². The zero-order valence-corrected chi connectivity index (χ0v) is 17.5. The average Bonchev–Trinajstić information content (AvgIpc) is 3.19. The van der Waals surface area contributed by atoms with E-state index in [1.54, 1.807) is 48.5 Å². The van der Waals surface area contributed by atoms with Crippen molar-refractivity contribution < 1.29 is 31.9 Å². The van der Waals surface area contributed by atoms with Crippen molar-refractivity contribution in [2.45, 2.75) is 18.3 Å². The van der Waals surface area contributed by atoms with Crippen LogP contribution in [0.5, 0.6) is 5.75 Å². The summed E-state index contributed by atoms with van der Waals surface area (Å²) in [6.45, 7) is 0.00258. The first-order valence-corrected chi connectivity index (χ1v) is 10.5. The fourth-order valence-corrected chi connectivity index (χ4v) is 3.55. The lowest BCUT2D eigenvalue weighted by atomic mass is 10.2. The number of carbonyl (C=O) groups is 1. The SMILES string of the molecule is COC(=O)CSCc1cccc(OCCc2nc(-c3ccccc3)oc2C(F)(F)F)c1. The lowest BCUT2D eigenvalue weighted by molar-refractivity contribution is -0.153. The number of thioether (sulfide) groups is 1. The van der Waals surface area contributed by atoms with Gasteiger partial charge in [-0.1, -0.05) is 30.3 Å².